The second-order valence-corrected chi connectivity index (χ2v) is 6.09. The molecule has 0 aliphatic rings. The number of nitro benzene ring substituents is 1. The summed E-state index contributed by atoms with van der Waals surface area (Å²) >= 11 is 16.9. The highest BCUT2D eigenvalue weighted by atomic mass is 35.5. The second kappa shape index (κ2) is 8.17. The van der Waals surface area contributed by atoms with Gasteiger partial charge in [-0.2, -0.15) is 0 Å². The molecule has 11 heteroatoms. The quantitative estimate of drug-likeness (QED) is 0.301. The van der Waals surface area contributed by atoms with Crippen molar-refractivity contribution in [2.75, 3.05) is 12.4 Å². The summed E-state index contributed by atoms with van der Waals surface area (Å²) in [7, 11) is 1.34. The normalized spacial score (nSPS) is 10.1. The van der Waals surface area contributed by atoms with Crippen LogP contribution in [0.3, 0.4) is 0 Å². The van der Waals surface area contributed by atoms with E-state index in [0.717, 1.165) is 18.2 Å². The lowest BCUT2D eigenvalue weighted by molar-refractivity contribution is -0.384. The molecule has 3 N–H and O–H groups in total. The largest absolute Gasteiger partial charge is 0.506 e. The van der Waals surface area contributed by atoms with Crippen LogP contribution in [0.4, 0.5) is 11.4 Å². The maximum atomic E-state index is 12.4. The Bertz CT molecular complexity index is 907. The second-order valence-electron chi connectivity index (χ2n) is 4.84. The van der Waals surface area contributed by atoms with Gasteiger partial charge in [-0.05, 0) is 30.4 Å². The number of rotatable bonds is 4. The molecule has 0 aromatic heterocycles. The first-order valence-corrected chi connectivity index (χ1v) is 8.02. The zero-order valence-corrected chi connectivity index (χ0v) is 15.4. The number of carbonyl (C=O) groups is 1. The van der Waals surface area contributed by atoms with Crippen LogP contribution in [0.5, 0.6) is 11.5 Å². The number of benzene rings is 2. The Morgan fingerprint density at radius 3 is 2.62 bits per heavy atom. The number of nitrogens with one attached hydrogen (secondary N) is 2. The summed E-state index contributed by atoms with van der Waals surface area (Å²) in [5.74, 6) is -0.848. The van der Waals surface area contributed by atoms with E-state index in [2.05, 4.69) is 10.6 Å². The van der Waals surface area contributed by atoms with E-state index >= 15 is 0 Å². The van der Waals surface area contributed by atoms with Crippen LogP contribution < -0.4 is 15.4 Å². The maximum absolute atomic E-state index is 12.4. The molecule has 136 valence electrons. The molecule has 0 spiro atoms. The van der Waals surface area contributed by atoms with Crippen LogP contribution >= 0.6 is 35.4 Å². The van der Waals surface area contributed by atoms with Crippen LogP contribution in [0.15, 0.2) is 30.3 Å². The third-order valence-electron chi connectivity index (χ3n) is 3.12. The Labute approximate surface area is 162 Å². The zero-order valence-electron chi connectivity index (χ0n) is 13.1. The number of thiocarbonyl (C=S) groups is 1. The molecule has 0 bridgehead atoms. The van der Waals surface area contributed by atoms with Gasteiger partial charge in [0.25, 0.3) is 11.6 Å². The molecule has 8 nitrogen and oxygen atoms in total. The van der Waals surface area contributed by atoms with E-state index in [1.165, 1.54) is 19.2 Å². The number of anilines is 1. The topological polar surface area (TPSA) is 114 Å². The Balaban J connectivity index is 2.20. The average molecular weight is 416 g/mol. The molecule has 2 aromatic carbocycles. The molecule has 0 atom stereocenters. The van der Waals surface area contributed by atoms with E-state index < -0.39 is 10.8 Å². The lowest BCUT2D eigenvalue weighted by atomic mass is 10.2. The first-order valence-electron chi connectivity index (χ1n) is 6.85. The molecule has 0 fully saturated rings. The number of aromatic hydroxyl groups is 1. The molecule has 0 saturated heterocycles. The van der Waals surface area contributed by atoms with Gasteiger partial charge in [-0.15, -0.1) is 0 Å². The Kier molecular flexibility index (Phi) is 6.19. The van der Waals surface area contributed by atoms with Crippen LogP contribution in [-0.4, -0.2) is 28.2 Å². The highest BCUT2D eigenvalue weighted by Crippen LogP contribution is 2.32. The molecule has 26 heavy (non-hydrogen) atoms. The molecule has 0 aliphatic carbocycles. The summed E-state index contributed by atoms with van der Waals surface area (Å²) < 4.78 is 5.08. The number of phenols is 1. The minimum Gasteiger partial charge on any atom is -0.506 e. The maximum Gasteiger partial charge on any atom is 0.271 e. The van der Waals surface area contributed by atoms with Crippen molar-refractivity contribution in [1.82, 2.24) is 5.32 Å². The summed E-state index contributed by atoms with van der Waals surface area (Å²) in [6, 6.07) is 6.09. The number of halogens is 2. The average Bonchev–Trinajstić information content (AvgIpc) is 2.55. The van der Waals surface area contributed by atoms with Crippen LogP contribution in [0.25, 0.3) is 0 Å². The van der Waals surface area contributed by atoms with E-state index in [1.54, 1.807) is 0 Å². The van der Waals surface area contributed by atoms with Gasteiger partial charge < -0.3 is 15.2 Å². The van der Waals surface area contributed by atoms with Gasteiger partial charge in [0.15, 0.2) is 5.11 Å². The first-order chi connectivity index (χ1) is 12.2. The summed E-state index contributed by atoms with van der Waals surface area (Å²) in [5, 5.41) is 25.6. The molecule has 0 saturated carbocycles. The van der Waals surface area contributed by atoms with Crippen molar-refractivity contribution >= 4 is 57.8 Å². The number of amides is 1. The molecule has 0 unspecified atom stereocenters. The summed E-state index contributed by atoms with van der Waals surface area (Å²) in [6.07, 6.45) is 0. The number of hydrogen-bond donors (Lipinski definition) is 3. The van der Waals surface area contributed by atoms with Crippen molar-refractivity contribution in [2.24, 2.45) is 0 Å². The van der Waals surface area contributed by atoms with Crippen molar-refractivity contribution in [3.05, 3.63) is 56.1 Å². The number of methoxy groups -OCH3 is 1. The van der Waals surface area contributed by atoms with Gasteiger partial charge in [0.05, 0.1) is 28.3 Å². The number of carbonyl (C=O) groups excluding carboxylic acids is 1. The monoisotopic (exact) mass is 415 g/mol. The van der Waals surface area contributed by atoms with E-state index in [-0.39, 0.29) is 43.6 Å². The molecule has 2 rings (SSSR count). The Morgan fingerprint density at radius 1 is 1.31 bits per heavy atom. The van der Waals surface area contributed by atoms with Crippen molar-refractivity contribution in [2.45, 2.75) is 0 Å². The number of nitrogens with zero attached hydrogens (tertiary/aromatic N) is 1. The standard InChI is InChI=1S/C15H11Cl2N3O5S/c1-25-13-9(4-7(16)5-10(13)17)14(22)19-15(26)18-11-6-8(20(23)24)2-3-12(11)21/h2-6,21H,1H3,(H2,18,19,22,26). The number of ether oxygens (including phenoxy) is 1. The minimum absolute atomic E-state index is 0.0393. The van der Waals surface area contributed by atoms with Gasteiger partial charge in [-0.25, -0.2) is 0 Å². The van der Waals surface area contributed by atoms with Gasteiger partial charge >= 0.3 is 0 Å². The first kappa shape index (κ1) is 19.7. The van der Waals surface area contributed by atoms with E-state index in [1.807, 2.05) is 0 Å². The number of hydrogen-bond acceptors (Lipinski definition) is 6. The highest BCUT2D eigenvalue weighted by molar-refractivity contribution is 7.80. The van der Waals surface area contributed by atoms with Crippen molar-refractivity contribution in [3.8, 4) is 11.5 Å². The van der Waals surface area contributed by atoms with Crippen LogP contribution in [-0.2, 0) is 0 Å². The van der Waals surface area contributed by atoms with Crippen LogP contribution in [0.1, 0.15) is 10.4 Å². The SMILES string of the molecule is COc1c(Cl)cc(Cl)cc1C(=O)NC(=S)Nc1cc([N+](=O)[O-])ccc1O. The summed E-state index contributed by atoms with van der Waals surface area (Å²) in [6.45, 7) is 0. The van der Waals surface area contributed by atoms with Crippen molar-refractivity contribution in [1.29, 1.82) is 0 Å². The molecule has 0 aliphatic heterocycles. The van der Waals surface area contributed by atoms with E-state index in [9.17, 15) is 20.0 Å². The van der Waals surface area contributed by atoms with E-state index in [4.69, 9.17) is 40.2 Å². The van der Waals surface area contributed by atoms with Crippen molar-refractivity contribution in [3.63, 3.8) is 0 Å². The van der Waals surface area contributed by atoms with Crippen molar-refractivity contribution < 1.29 is 19.6 Å². The highest BCUT2D eigenvalue weighted by Gasteiger charge is 2.18. The fourth-order valence-corrected chi connectivity index (χ4v) is 2.77. The van der Waals surface area contributed by atoms with Gasteiger partial charge in [0.2, 0.25) is 0 Å². The van der Waals surface area contributed by atoms with E-state index in [0.29, 0.717) is 0 Å². The lowest BCUT2D eigenvalue weighted by Gasteiger charge is -2.13. The predicted molar refractivity (Wildman–Crippen MR) is 101 cm³/mol. The molecule has 0 heterocycles. The van der Waals surface area contributed by atoms with Gasteiger partial charge in [-0.3, -0.25) is 20.2 Å². The van der Waals surface area contributed by atoms with Crippen LogP contribution in [0, 0.1) is 10.1 Å². The van der Waals surface area contributed by atoms with Gasteiger partial charge in [0, 0.05) is 17.2 Å². The summed E-state index contributed by atoms with van der Waals surface area (Å²) in [5.41, 5.74) is -0.263. The minimum atomic E-state index is -0.673. The summed E-state index contributed by atoms with van der Waals surface area (Å²) in [4.78, 5) is 22.6. The Morgan fingerprint density at radius 2 is 2.00 bits per heavy atom. The number of non-ortho nitro benzene ring substituents is 1. The molecule has 2 aromatic rings. The lowest BCUT2D eigenvalue weighted by Crippen LogP contribution is -2.34. The number of phenolic OH excluding ortho intramolecular Hbond substituents is 1. The zero-order chi connectivity index (χ0) is 19.4. The molecular formula is C15H11Cl2N3O5S. The van der Waals surface area contributed by atoms with Gasteiger partial charge in [0.1, 0.15) is 11.5 Å². The number of nitro groups is 1. The Hall–Kier alpha value is -2.62. The third-order valence-corrected chi connectivity index (χ3v) is 3.83. The fraction of sp³-hybridized carbons (Fsp3) is 0.0667. The van der Waals surface area contributed by atoms with Crippen LogP contribution in [0.2, 0.25) is 10.0 Å². The molecule has 1 amide bonds. The molecule has 0 radical (unpaired) electrons. The van der Waals surface area contributed by atoms with Gasteiger partial charge in [-0.1, -0.05) is 23.2 Å². The smallest absolute Gasteiger partial charge is 0.271 e. The predicted octanol–water partition coefficient (Wildman–Crippen LogP) is 3.74. The third kappa shape index (κ3) is 4.51. The molecular weight excluding hydrogens is 405 g/mol. The fourth-order valence-electron chi connectivity index (χ4n) is 2.00.